The van der Waals surface area contributed by atoms with Crippen molar-refractivity contribution >= 4 is 22.7 Å². The van der Waals surface area contributed by atoms with Crippen LogP contribution in [0.1, 0.15) is 10.6 Å². The van der Waals surface area contributed by atoms with E-state index < -0.39 is 0 Å². The van der Waals surface area contributed by atoms with Gasteiger partial charge in [-0.2, -0.15) is 0 Å². The van der Waals surface area contributed by atoms with Crippen LogP contribution in [0.15, 0.2) is 35.7 Å². The quantitative estimate of drug-likeness (QED) is 0.624. The van der Waals surface area contributed by atoms with Crippen molar-refractivity contribution in [3.8, 4) is 21.0 Å². The predicted octanol–water partition coefficient (Wildman–Crippen LogP) is 5.29. The summed E-state index contributed by atoms with van der Waals surface area (Å²) in [7, 11) is 0. The summed E-state index contributed by atoms with van der Waals surface area (Å²) in [5.41, 5.74) is 3.18. The molecule has 19 heavy (non-hydrogen) atoms. The van der Waals surface area contributed by atoms with Crippen LogP contribution in [-0.2, 0) is 0 Å². The van der Waals surface area contributed by atoms with Crippen LogP contribution in [0.3, 0.4) is 0 Å². The summed E-state index contributed by atoms with van der Waals surface area (Å²) < 4.78 is 13.0. The number of hydrogen-bond acceptors (Lipinski definition) is 3. The molecule has 0 N–H and O–H groups in total. The van der Waals surface area contributed by atoms with E-state index in [2.05, 4.69) is 23.4 Å². The minimum atomic E-state index is -0.218. The highest BCUT2D eigenvalue weighted by Gasteiger charge is 2.15. The third-order valence-electron chi connectivity index (χ3n) is 2.92. The Balaban J connectivity index is 2.17. The lowest BCUT2D eigenvalue weighted by atomic mass is 10.1. The number of thiazole rings is 1. The molecule has 3 rings (SSSR count). The van der Waals surface area contributed by atoms with Crippen molar-refractivity contribution in [2.75, 3.05) is 0 Å². The van der Waals surface area contributed by atoms with Crippen molar-refractivity contribution < 1.29 is 4.39 Å². The van der Waals surface area contributed by atoms with Crippen molar-refractivity contribution in [2.24, 2.45) is 0 Å². The highest BCUT2D eigenvalue weighted by molar-refractivity contribution is 7.21. The Bertz CT molecular complexity index is 710. The predicted molar refractivity (Wildman–Crippen MR) is 80.3 cm³/mol. The number of hydrogen-bond donors (Lipinski definition) is 0. The van der Waals surface area contributed by atoms with Crippen LogP contribution in [0.4, 0.5) is 4.39 Å². The molecule has 0 fully saturated rings. The molecular weight excluding hydrogens is 277 g/mol. The molecule has 2 heterocycles. The van der Waals surface area contributed by atoms with Crippen LogP contribution in [0, 0.1) is 19.7 Å². The second kappa shape index (κ2) is 4.87. The molecule has 0 atom stereocenters. The first-order chi connectivity index (χ1) is 9.15. The Labute approximate surface area is 119 Å². The lowest BCUT2D eigenvalue weighted by Gasteiger charge is -2.02. The molecule has 0 aliphatic carbocycles. The number of rotatable bonds is 2. The van der Waals surface area contributed by atoms with Crippen molar-refractivity contribution in [3.05, 3.63) is 52.1 Å². The fraction of sp³-hybridized carbons (Fsp3) is 0.133. The topological polar surface area (TPSA) is 12.9 Å². The Morgan fingerprint density at radius 1 is 1.00 bits per heavy atom. The minimum Gasteiger partial charge on any atom is -0.241 e. The van der Waals surface area contributed by atoms with E-state index in [0.717, 1.165) is 16.3 Å². The third kappa shape index (κ3) is 2.33. The van der Waals surface area contributed by atoms with Gasteiger partial charge in [0.15, 0.2) is 0 Å². The molecule has 0 amide bonds. The van der Waals surface area contributed by atoms with E-state index in [1.165, 1.54) is 27.5 Å². The normalized spacial score (nSPS) is 10.9. The van der Waals surface area contributed by atoms with Gasteiger partial charge < -0.3 is 0 Å². The molecule has 0 saturated heterocycles. The summed E-state index contributed by atoms with van der Waals surface area (Å²) in [5.74, 6) is -0.218. The first kappa shape index (κ1) is 12.5. The van der Waals surface area contributed by atoms with Gasteiger partial charge in [-0.25, -0.2) is 9.37 Å². The Morgan fingerprint density at radius 2 is 1.74 bits per heavy atom. The number of aryl methyl sites for hydroxylation is 2. The Morgan fingerprint density at radius 3 is 2.37 bits per heavy atom. The van der Waals surface area contributed by atoms with Crippen molar-refractivity contribution in [3.63, 3.8) is 0 Å². The first-order valence-corrected chi connectivity index (χ1v) is 7.62. The van der Waals surface area contributed by atoms with Crippen LogP contribution in [0.2, 0.25) is 0 Å². The average Bonchev–Trinajstić information content (AvgIpc) is 2.96. The van der Waals surface area contributed by atoms with Crippen LogP contribution in [-0.4, -0.2) is 4.98 Å². The van der Waals surface area contributed by atoms with Crippen LogP contribution in [0.5, 0.6) is 0 Å². The number of aromatic nitrogens is 1. The maximum atomic E-state index is 13.0. The zero-order valence-corrected chi connectivity index (χ0v) is 12.2. The van der Waals surface area contributed by atoms with E-state index in [1.54, 1.807) is 34.8 Å². The number of nitrogens with zero attached hydrogens (tertiary/aromatic N) is 1. The van der Waals surface area contributed by atoms with Crippen LogP contribution < -0.4 is 0 Å². The number of thiophene rings is 1. The average molecular weight is 289 g/mol. The SMILES string of the molecule is Cc1nc(-c2ccc(F)cc2)c(-c2sccc2C)s1. The van der Waals surface area contributed by atoms with Gasteiger partial charge in [0, 0.05) is 10.4 Å². The highest BCUT2D eigenvalue weighted by atomic mass is 32.1. The monoisotopic (exact) mass is 289 g/mol. The van der Waals surface area contributed by atoms with E-state index in [9.17, 15) is 4.39 Å². The standard InChI is InChI=1S/C15H12FNS2/c1-9-7-8-18-14(9)15-13(17-10(2)19-15)11-3-5-12(16)6-4-11/h3-8H,1-2H3. The fourth-order valence-electron chi connectivity index (χ4n) is 1.99. The molecule has 0 saturated carbocycles. The van der Waals surface area contributed by atoms with Gasteiger partial charge in [0.05, 0.1) is 15.6 Å². The minimum absolute atomic E-state index is 0.218. The van der Waals surface area contributed by atoms with Crippen molar-refractivity contribution in [1.29, 1.82) is 0 Å². The molecule has 1 aromatic carbocycles. The van der Waals surface area contributed by atoms with E-state index in [-0.39, 0.29) is 5.82 Å². The molecule has 4 heteroatoms. The van der Waals surface area contributed by atoms with Gasteiger partial charge in [-0.3, -0.25) is 0 Å². The largest absolute Gasteiger partial charge is 0.241 e. The van der Waals surface area contributed by atoms with Crippen molar-refractivity contribution in [2.45, 2.75) is 13.8 Å². The zero-order valence-electron chi connectivity index (χ0n) is 10.6. The zero-order chi connectivity index (χ0) is 13.4. The number of halogens is 1. The summed E-state index contributed by atoms with van der Waals surface area (Å²) in [5, 5.41) is 3.12. The van der Waals surface area contributed by atoms with Gasteiger partial charge in [0.25, 0.3) is 0 Å². The van der Waals surface area contributed by atoms with Gasteiger partial charge >= 0.3 is 0 Å². The third-order valence-corrected chi connectivity index (χ3v) is 5.07. The molecular formula is C15H12FNS2. The molecule has 0 unspecified atom stereocenters. The van der Waals surface area contributed by atoms with E-state index in [1.807, 2.05) is 6.92 Å². The van der Waals surface area contributed by atoms with Crippen LogP contribution in [0.25, 0.3) is 21.0 Å². The lowest BCUT2D eigenvalue weighted by Crippen LogP contribution is -1.82. The molecule has 2 aromatic heterocycles. The Kier molecular flexibility index (Phi) is 3.21. The Hall–Kier alpha value is -1.52. The summed E-state index contributed by atoms with van der Waals surface area (Å²) in [4.78, 5) is 7.04. The summed E-state index contributed by atoms with van der Waals surface area (Å²) in [6.07, 6.45) is 0. The van der Waals surface area contributed by atoms with E-state index in [4.69, 9.17) is 0 Å². The second-order valence-corrected chi connectivity index (χ2v) is 6.47. The smallest absolute Gasteiger partial charge is 0.123 e. The maximum absolute atomic E-state index is 13.0. The lowest BCUT2D eigenvalue weighted by molar-refractivity contribution is 0.628. The molecule has 96 valence electrons. The molecule has 3 aromatic rings. The molecule has 0 aliphatic heterocycles. The molecule has 0 radical (unpaired) electrons. The second-order valence-electron chi connectivity index (χ2n) is 4.35. The number of benzene rings is 1. The molecule has 1 nitrogen and oxygen atoms in total. The van der Waals surface area contributed by atoms with E-state index >= 15 is 0 Å². The van der Waals surface area contributed by atoms with Gasteiger partial charge in [-0.15, -0.1) is 22.7 Å². The van der Waals surface area contributed by atoms with E-state index in [0.29, 0.717) is 0 Å². The van der Waals surface area contributed by atoms with Crippen molar-refractivity contribution in [1.82, 2.24) is 4.98 Å². The fourth-order valence-corrected chi connectivity index (χ4v) is 4.07. The molecule has 0 bridgehead atoms. The molecule has 0 spiro atoms. The summed E-state index contributed by atoms with van der Waals surface area (Å²) in [6.45, 7) is 4.11. The summed E-state index contributed by atoms with van der Waals surface area (Å²) >= 11 is 3.42. The van der Waals surface area contributed by atoms with Gasteiger partial charge in [-0.1, -0.05) is 0 Å². The van der Waals surface area contributed by atoms with Gasteiger partial charge in [-0.05, 0) is 55.1 Å². The van der Waals surface area contributed by atoms with Gasteiger partial charge in [0.2, 0.25) is 0 Å². The van der Waals surface area contributed by atoms with Gasteiger partial charge in [0.1, 0.15) is 5.82 Å². The maximum Gasteiger partial charge on any atom is 0.123 e. The first-order valence-electron chi connectivity index (χ1n) is 5.93. The van der Waals surface area contributed by atoms with Crippen LogP contribution >= 0.6 is 22.7 Å². The molecule has 0 aliphatic rings. The summed E-state index contributed by atoms with van der Waals surface area (Å²) in [6, 6.07) is 8.65. The highest BCUT2D eigenvalue weighted by Crippen LogP contribution is 2.40.